The number of ketones is 1. The molecule has 154 valence electrons. The molecular formula is C20H17N3O5S2. The smallest absolute Gasteiger partial charge is 0.296 e. The average Bonchev–Trinajstić information content (AvgIpc) is 3.49. The van der Waals surface area contributed by atoms with E-state index in [0.29, 0.717) is 15.7 Å². The van der Waals surface area contributed by atoms with Gasteiger partial charge in [0, 0.05) is 0 Å². The monoisotopic (exact) mass is 443 g/mol. The lowest BCUT2D eigenvalue weighted by Gasteiger charge is -2.24. The first-order valence-electron chi connectivity index (χ1n) is 9.00. The minimum atomic E-state index is -0.905. The molecule has 3 heterocycles. The molecule has 0 saturated heterocycles. The number of hydrogen-bond acceptors (Lipinski definition) is 9. The number of amides is 1. The van der Waals surface area contributed by atoms with E-state index in [1.807, 2.05) is 6.92 Å². The molecule has 0 saturated carbocycles. The number of furan rings is 1. The summed E-state index contributed by atoms with van der Waals surface area (Å²) in [5.74, 6) is -0.554. The molecule has 0 fully saturated rings. The van der Waals surface area contributed by atoms with E-state index in [2.05, 4.69) is 10.2 Å². The van der Waals surface area contributed by atoms with Crippen LogP contribution in [0.3, 0.4) is 0 Å². The van der Waals surface area contributed by atoms with Crippen LogP contribution in [0.15, 0.2) is 62.8 Å². The van der Waals surface area contributed by atoms with Crippen molar-refractivity contribution in [1.82, 2.24) is 10.2 Å². The molecule has 0 unspecified atom stereocenters. The zero-order valence-corrected chi connectivity index (χ0v) is 17.7. The van der Waals surface area contributed by atoms with Crippen molar-refractivity contribution in [3.63, 3.8) is 0 Å². The van der Waals surface area contributed by atoms with Crippen molar-refractivity contribution in [2.24, 2.45) is 0 Å². The first-order chi connectivity index (χ1) is 14.5. The van der Waals surface area contributed by atoms with Gasteiger partial charge in [-0.1, -0.05) is 42.2 Å². The third kappa shape index (κ3) is 3.48. The molecule has 2 aromatic heterocycles. The summed E-state index contributed by atoms with van der Waals surface area (Å²) in [6, 6.07) is 9.12. The molecule has 30 heavy (non-hydrogen) atoms. The number of rotatable bonds is 7. The molecule has 0 aliphatic carbocycles. The lowest BCUT2D eigenvalue weighted by atomic mass is 9.95. The van der Waals surface area contributed by atoms with Crippen molar-refractivity contribution in [2.75, 3.05) is 17.8 Å². The number of anilines is 1. The summed E-state index contributed by atoms with van der Waals surface area (Å²) < 4.78 is 11.2. The van der Waals surface area contributed by atoms with E-state index in [9.17, 15) is 14.7 Å². The molecule has 1 aliphatic heterocycles. The Labute approximate surface area is 180 Å². The lowest BCUT2D eigenvalue weighted by molar-refractivity contribution is -0.117. The Balaban J connectivity index is 1.85. The predicted octanol–water partition coefficient (Wildman–Crippen LogP) is 4.03. The molecule has 10 heteroatoms. The normalized spacial score (nSPS) is 16.4. The molecule has 1 atom stereocenters. The summed E-state index contributed by atoms with van der Waals surface area (Å²) in [7, 11) is 1.53. The number of thioether (sulfide) groups is 1. The molecule has 1 aromatic carbocycles. The van der Waals surface area contributed by atoms with Crippen molar-refractivity contribution < 1.29 is 23.8 Å². The highest BCUT2D eigenvalue weighted by Crippen LogP contribution is 2.44. The Morgan fingerprint density at radius 3 is 2.87 bits per heavy atom. The lowest BCUT2D eigenvalue weighted by Crippen LogP contribution is -2.31. The second-order valence-corrected chi connectivity index (χ2v) is 8.67. The number of Topliss-reactive ketones (excluding diaryl/α,β-unsaturated/α-hetero) is 1. The maximum Gasteiger partial charge on any atom is 0.296 e. The standard InChI is InChI=1S/C20H17N3O5S2/c1-3-29-20-22-21-19(30-20)23-15(11-6-4-7-12(10-11)27-2)14(17(25)18(23)26)16(24)13-8-5-9-28-13/h4-10,15,25H,3H2,1-2H3/t15-/m1/s1. The third-order valence-electron chi connectivity index (χ3n) is 4.48. The minimum absolute atomic E-state index is 0.0265. The Bertz CT molecular complexity index is 1120. The molecule has 3 aromatic rings. The van der Waals surface area contributed by atoms with Gasteiger partial charge in [-0.05, 0) is 35.6 Å². The number of carbonyl (C=O) groups excluding carboxylic acids is 2. The van der Waals surface area contributed by atoms with E-state index in [0.717, 1.165) is 5.75 Å². The number of ether oxygens (including phenoxy) is 1. The van der Waals surface area contributed by atoms with Gasteiger partial charge < -0.3 is 14.3 Å². The van der Waals surface area contributed by atoms with Gasteiger partial charge in [-0.15, -0.1) is 10.2 Å². The van der Waals surface area contributed by atoms with Gasteiger partial charge in [0.15, 0.2) is 15.9 Å². The molecule has 1 N–H and O–H groups in total. The van der Waals surface area contributed by atoms with Crippen molar-refractivity contribution >= 4 is 39.9 Å². The van der Waals surface area contributed by atoms with Crippen LogP contribution in [0.2, 0.25) is 0 Å². The summed E-state index contributed by atoms with van der Waals surface area (Å²) >= 11 is 2.72. The summed E-state index contributed by atoms with van der Waals surface area (Å²) in [6.45, 7) is 1.99. The number of hydrogen-bond donors (Lipinski definition) is 1. The molecular weight excluding hydrogens is 426 g/mol. The van der Waals surface area contributed by atoms with Gasteiger partial charge in [0.1, 0.15) is 5.75 Å². The van der Waals surface area contributed by atoms with Crippen LogP contribution in [0.4, 0.5) is 5.13 Å². The fourth-order valence-corrected chi connectivity index (χ4v) is 4.95. The Morgan fingerprint density at radius 1 is 1.33 bits per heavy atom. The van der Waals surface area contributed by atoms with Crippen molar-refractivity contribution in [3.05, 3.63) is 65.3 Å². The predicted molar refractivity (Wildman–Crippen MR) is 112 cm³/mol. The van der Waals surface area contributed by atoms with Gasteiger partial charge in [0.25, 0.3) is 5.91 Å². The van der Waals surface area contributed by atoms with Crippen LogP contribution in [-0.4, -0.2) is 39.9 Å². The largest absolute Gasteiger partial charge is 0.503 e. The zero-order chi connectivity index (χ0) is 21.3. The SMILES string of the molecule is CCSc1nnc(N2C(=O)C(O)=C(C(=O)c3ccco3)[C@H]2c2cccc(OC)c2)s1. The van der Waals surface area contributed by atoms with Crippen molar-refractivity contribution in [1.29, 1.82) is 0 Å². The minimum Gasteiger partial charge on any atom is -0.503 e. The van der Waals surface area contributed by atoms with Gasteiger partial charge >= 0.3 is 0 Å². The average molecular weight is 444 g/mol. The van der Waals surface area contributed by atoms with Crippen LogP contribution < -0.4 is 9.64 Å². The van der Waals surface area contributed by atoms with E-state index < -0.39 is 23.5 Å². The summed E-state index contributed by atoms with van der Waals surface area (Å²) in [4.78, 5) is 27.4. The Hall–Kier alpha value is -3.11. The van der Waals surface area contributed by atoms with Crippen molar-refractivity contribution in [2.45, 2.75) is 17.3 Å². The fourth-order valence-electron chi connectivity index (χ4n) is 3.18. The molecule has 0 spiro atoms. The van der Waals surface area contributed by atoms with Crippen LogP contribution in [0.5, 0.6) is 5.75 Å². The van der Waals surface area contributed by atoms with Crippen LogP contribution in [0.1, 0.15) is 29.1 Å². The van der Waals surface area contributed by atoms with E-state index in [1.165, 1.54) is 47.4 Å². The highest BCUT2D eigenvalue weighted by atomic mass is 32.2. The van der Waals surface area contributed by atoms with Crippen LogP contribution in [-0.2, 0) is 4.79 Å². The van der Waals surface area contributed by atoms with E-state index >= 15 is 0 Å². The zero-order valence-electron chi connectivity index (χ0n) is 16.1. The third-order valence-corrected chi connectivity index (χ3v) is 6.41. The van der Waals surface area contributed by atoms with E-state index in [4.69, 9.17) is 9.15 Å². The maximum atomic E-state index is 13.1. The van der Waals surface area contributed by atoms with Gasteiger partial charge in [-0.25, -0.2) is 0 Å². The number of aromatic nitrogens is 2. The number of nitrogens with zero attached hydrogens (tertiary/aromatic N) is 3. The maximum absolute atomic E-state index is 13.1. The number of benzene rings is 1. The van der Waals surface area contributed by atoms with Crippen LogP contribution in [0, 0.1) is 0 Å². The van der Waals surface area contributed by atoms with E-state index in [-0.39, 0.29) is 16.5 Å². The second-order valence-electron chi connectivity index (χ2n) is 6.21. The van der Waals surface area contributed by atoms with Gasteiger partial charge in [0.2, 0.25) is 10.9 Å². The summed E-state index contributed by atoms with van der Waals surface area (Å²) in [5, 5.41) is 19.2. The number of aliphatic hydroxyl groups excluding tert-OH is 1. The number of carbonyl (C=O) groups is 2. The van der Waals surface area contributed by atoms with Crippen LogP contribution >= 0.6 is 23.1 Å². The topological polar surface area (TPSA) is 106 Å². The van der Waals surface area contributed by atoms with Crippen LogP contribution in [0.25, 0.3) is 0 Å². The number of aliphatic hydroxyl groups is 1. The fraction of sp³-hybridized carbons (Fsp3) is 0.200. The molecule has 8 nitrogen and oxygen atoms in total. The molecule has 0 bridgehead atoms. The Morgan fingerprint density at radius 2 is 2.17 bits per heavy atom. The van der Waals surface area contributed by atoms with Gasteiger partial charge in [0.05, 0.1) is 25.0 Å². The number of methoxy groups -OCH3 is 1. The van der Waals surface area contributed by atoms with Gasteiger partial charge in [-0.3, -0.25) is 14.5 Å². The molecule has 1 amide bonds. The Kier molecular flexibility index (Phi) is 5.60. The van der Waals surface area contributed by atoms with Crippen molar-refractivity contribution in [3.8, 4) is 5.75 Å². The summed E-state index contributed by atoms with van der Waals surface area (Å²) in [5.41, 5.74) is 0.504. The highest BCUT2D eigenvalue weighted by molar-refractivity contribution is 8.01. The van der Waals surface area contributed by atoms with Gasteiger partial charge in [-0.2, -0.15) is 0 Å². The molecule has 4 rings (SSSR count). The first-order valence-corrected chi connectivity index (χ1v) is 10.8. The summed E-state index contributed by atoms with van der Waals surface area (Å²) in [6.07, 6.45) is 1.36. The molecule has 0 radical (unpaired) electrons. The van der Waals surface area contributed by atoms with E-state index in [1.54, 1.807) is 30.3 Å². The highest BCUT2D eigenvalue weighted by Gasteiger charge is 2.46. The second kappa shape index (κ2) is 8.33. The molecule has 1 aliphatic rings. The first kappa shape index (κ1) is 20.2. The quantitative estimate of drug-likeness (QED) is 0.331.